The maximum atomic E-state index is 13.4. The molecule has 1 aliphatic heterocycles. The second-order valence-corrected chi connectivity index (χ2v) is 10.3. The van der Waals surface area contributed by atoms with Crippen molar-refractivity contribution in [3.63, 3.8) is 0 Å². The Hall–Kier alpha value is -4.63. The lowest BCUT2D eigenvalue weighted by Gasteiger charge is -2.32. The van der Waals surface area contributed by atoms with Crippen LogP contribution in [0.15, 0.2) is 66.7 Å². The number of pyridine rings is 1. The van der Waals surface area contributed by atoms with E-state index in [1.54, 1.807) is 39.2 Å². The molecule has 218 valence electrons. The van der Waals surface area contributed by atoms with E-state index in [9.17, 15) is 9.59 Å². The number of rotatable bonds is 9. The van der Waals surface area contributed by atoms with E-state index < -0.39 is 5.97 Å². The van der Waals surface area contributed by atoms with Gasteiger partial charge in [-0.1, -0.05) is 18.2 Å². The van der Waals surface area contributed by atoms with Crippen LogP contribution in [0.25, 0.3) is 10.9 Å². The zero-order valence-corrected chi connectivity index (χ0v) is 24.2. The Labute approximate surface area is 245 Å². The number of amides is 1. The number of aromatic nitrogens is 1. The Morgan fingerprint density at radius 3 is 2.45 bits per heavy atom. The van der Waals surface area contributed by atoms with Gasteiger partial charge in [0.25, 0.3) is 5.91 Å². The molecule has 1 amide bonds. The summed E-state index contributed by atoms with van der Waals surface area (Å²) >= 11 is 0. The first-order valence-corrected chi connectivity index (χ1v) is 14.2. The molecule has 3 aromatic carbocycles. The number of fused-ring (bicyclic) bond motifs is 1. The number of hydrogen-bond donors (Lipinski definition) is 2. The third-order valence-electron chi connectivity index (χ3n) is 7.50. The van der Waals surface area contributed by atoms with Gasteiger partial charge in [0.05, 0.1) is 30.6 Å². The zero-order chi connectivity index (χ0) is 29.6. The quantitative estimate of drug-likeness (QED) is 0.251. The lowest BCUT2D eigenvalue weighted by atomic mass is 10.0. The molecule has 0 saturated carbocycles. The highest BCUT2D eigenvalue weighted by Gasteiger charge is 2.23. The number of nitrogens with two attached hydrogens (primary N) is 1. The zero-order valence-electron chi connectivity index (χ0n) is 24.2. The fourth-order valence-electron chi connectivity index (χ4n) is 5.31. The van der Waals surface area contributed by atoms with E-state index in [1.165, 1.54) is 0 Å². The SMILES string of the molecule is CCOC(=O)c1c(C)nc2ccc(NC(=O)c3ccccc3CN3CCC(Oc4ccc(OC)cc4)CC3)cc2c1N. The number of nitrogen functional groups attached to an aromatic ring is 1. The average Bonchev–Trinajstić information content (AvgIpc) is 2.99. The first-order chi connectivity index (χ1) is 20.4. The summed E-state index contributed by atoms with van der Waals surface area (Å²) < 4.78 is 16.6. The largest absolute Gasteiger partial charge is 0.497 e. The van der Waals surface area contributed by atoms with E-state index in [2.05, 4.69) is 15.2 Å². The molecule has 0 spiro atoms. The number of aryl methyl sites for hydroxylation is 1. The number of likely N-dealkylation sites (tertiary alicyclic amines) is 1. The number of ether oxygens (including phenoxy) is 3. The molecule has 1 aromatic heterocycles. The van der Waals surface area contributed by atoms with E-state index >= 15 is 0 Å². The van der Waals surface area contributed by atoms with Crippen molar-refractivity contribution >= 4 is 34.2 Å². The summed E-state index contributed by atoms with van der Waals surface area (Å²) in [7, 11) is 1.65. The highest BCUT2D eigenvalue weighted by atomic mass is 16.5. The lowest BCUT2D eigenvalue weighted by molar-refractivity contribution is 0.0526. The average molecular weight is 569 g/mol. The Bertz CT molecular complexity index is 1580. The minimum atomic E-state index is -0.512. The number of esters is 1. The van der Waals surface area contributed by atoms with Gasteiger partial charge < -0.3 is 25.3 Å². The number of nitrogens with one attached hydrogen (secondary N) is 1. The third kappa shape index (κ3) is 6.47. The number of hydrogen-bond acceptors (Lipinski definition) is 8. The van der Waals surface area contributed by atoms with E-state index in [-0.39, 0.29) is 29.9 Å². The van der Waals surface area contributed by atoms with Gasteiger partial charge in [0.2, 0.25) is 0 Å². The predicted octanol–water partition coefficient (Wildman–Crippen LogP) is 5.61. The Morgan fingerprint density at radius 2 is 1.74 bits per heavy atom. The second kappa shape index (κ2) is 12.9. The summed E-state index contributed by atoms with van der Waals surface area (Å²) in [6, 6.07) is 20.6. The van der Waals surface area contributed by atoms with Crippen molar-refractivity contribution in [2.45, 2.75) is 39.3 Å². The summed E-state index contributed by atoms with van der Waals surface area (Å²) in [5, 5.41) is 3.58. The molecule has 4 aromatic rings. The minimum Gasteiger partial charge on any atom is -0.497 e. The van der Waals surface area contributed by atoms with Gasteiger partial charge in [0, 0.05) is 36.3 Å². The van der Waals surface area contributed by atoms with Gasteiger partial charge in [-0.2, -0.15) is 0 Å². The van der Waals surface area contributed by atoms with Gasteiger partial charge in [-0.25, -0.2) is 4.79 Å². The van der Waals surface area contributed by atoms with Crippen LogP contribution in [0.4, 0.5) is 11.4 Å². The normalized spacial score (nSPS) is 14.0. The molecule has 9 heteroatoms. The molecule has 9 nitrogen and oxygen atoms in total. The molecule has 5 rings (SSSR count). The number of anilines is 2. The van der Waals surface area contributed by atoms with Gasteiger partial charge in [-0.15, -0.1) is 0 Å². The van der Waals surface area contributed by atoms with Crippen LogP contribution in [0.3, 0.4) is 0 Å². The molecule has 1 aliphatic rings. The predicted molar refractivity (Wildman–Crippen MR) is 163 cm³/mol. The third-order valence-corrected chi connectivity index (χ3v) is 7.50. The van der Waals surface area contributed by atoms with Crippen LogP contribution < -0.4 is 20.5 Å². The van der Waals surface area contributed by atoms with Crippen molar-refractivity contribution in [3.05, 3.63) is 89.1 Å². The van der Waals surface area contributed by atoms with E-state index in [4.69, 9.17) is 19.9 Å². The number of nitrogens with zero attached hydrogens (tertiary/aromatic N) is 2. The molecule has 0 aliphatic carbocycles. The maximum absolute atomic E-state index is 13.4. The number of carbonyl (C=O) groups is 2. The van der Waals surface area contributed by atoms with E-state index in [0.29, 0.717) is 34.4 Å². The van der Waals surface area contributed by atoms with Crippen LogP contribution in [0.1, 0.15) is 51.7 Å². The summed E-state index contributed by atoms with van der Waals surface area (Å²) in [6.45, 7) is 6.11. The van der Waals surface area contributed by atoms with Crippen molar-refractivity contribution in [3.8, 4) is 11.5 Å². The van der Waals surface area contributed by atoms with Crippen molar-refractivity contribution in [1.82, 2.24) is 9.88 Å². The van der Waals surface area contributed by atoms with Gasteiger partial charge in [-0.05, 0) is 80.8 Å². The number of benzene rings is 3. The molecule has 0 bridgehead atoms. The fraction of sp³-hybridized carbons (Fsp3) is 0.303. The highest BCUT2D eigenvalue weighted by molar-refractivity contribution is 6.09. The lowest BCUT2D eigenvalue weighted by Crippen LogP contribution is -2.38. The molecule has 3 N–H and O–H groups in total. The van der Waals surface area contributed by atoms with Crippen LogP contribution in [0.2, 0.25) is 0 Å². The Morgan fingerprint density at radius 1 is 1.02 bits per heavy atom. The molecule has 2 heterocycles. The molecule has 1 fully saturated rings. The van der Waals surface area contributed by atoms with Crippen LogP contribution in [0.5, 0.6) is 11.5 Å². The smallest absolute Gasteiger partial charge is 0.342 e. The summed E-state index contributed by atoms with van der Waals surface area (Å²) in [6.07, 6.45) is 1.96. The van der Waals surface area contributed by atoms with Crippen LogP contribution in [-0.4, -0.2) is 54.7 Å². The summed E-state index contributed by atoms with van der Waals surface area (Å²) in [4.78, 5) is 32.8. The van der Waals surface area contributed by atoms with Crippen molar-refractivity contribution in [1.29, 1.82) is 0 Å². The van der Waals surface area contributed by atoms with Crippen LogP contribution in [-0.2, 0) is 11.3 Å². The Kier molecular flexibility index (Phi) is 8.88. The van der Waals surface area contributed by atoms with Gasteiger partial charge >= 0.3 is 5.97 Å². The molecular formula is C33H36N4O5. The molecular weight excluding hydrogens is 532 g/mol. The van der Waals surface area contributed by atoms with E-state index in [1.807, 2.05) is 48.5 Å². The first-order valence-electron chi connectivity index (χ1n) is 14.2. The van der Waals surface area contributed by atoms with Crippen molar-refractivity contribution in [2.24, 2.45) is 0 Å². The topological polar surface area (TPSA) is 116 Å². The first kappa shape index (κ1) is 28.9. The molecule has 0 atom stereocenters. The van der Waals surface area contributed by atoms with Gasteiger partial charge in [0.1, 0.15) is 23.2 Å². The number of methoxy groups -OCH3 is 1. The molecule has 1 saturated heterocycles. The minimum absolute atomic E-state index is 0.149. The maximum Gasteiger partial charge on any atom is 0.342 e. The molecule has 0 unspecified atom stereocenters. The standard InChI is InChI=1S/C33H36N4O5/c1-4-41-33(39)30-21(2)35-29-14-9-23(19-28(29)31(30)34)36-32(38)27-8-6-5-7-22(27)20-37-17-15-26(16-18-37)42-25-12-10-24(40-3)11-13-25/h5-14,19,26H,4,15-18,20H2,1-3H3,(H2,34,35)(H,36,38). The van der Waals surface area contributed by atoms with Gasteiger partial charge in [-0.3, -0.25) is 14.7 Å². The van der Waals surface area contributed by atoms with Crippen molar-refractivity contribution in [2.75, 3.05) is 37.9 Å². The number of carbonyl (C=O) groups excluding carboxylic acids is 2. The summed E-state index contributed by atoms with van der Waals surface area (Å²) in [5.74, 6) is 0.920. The monoisotopic (exact) mass is 568 g/mol. The fourth-order valence-corrected chi connectivity index (χ4v) is 5.31. The van der Waals surface area contributed by atoms with E-state index in [0.717, 1.165) is 43.0 Å². The van der Waals surface area contributed by atoms with Gasteiger partial charge in [0.15, 0.2) is 0 Å². The second-order valence-electron chi connectivity index (χ2n) is 10.3. The summed E-state index contributed by atoms with van der Waals surface area (Å²) in [5.41, 5.74) is 10.2. The highest BCUT2D eigenvalue weighted by Crippen LogP contribution is 2.29. The van der Waals surface area contributed by atoms with Crippen molar-refractivity contribution < 1.29 is 23.8 Å². The Balaban J connectivity index is 1.25. The number of piperidine rings is 1. The van der Waals surface area contributed by atoms with Crippen LogP contribution in [0, 0.1) is 6.92 Å². The molecule has 0 radical (unpaired) electrons. The van der Waals surface area contributed by atoms with Crippen LogP contribution >= 0.6 is 0 Å². The molecule has 42 heavy (non-hydrogen) atoms.